The zero-order valence-electron chi connectivity index (χ0n) is 19.9. The quantitative estimate of drug-likeness (QED) is 0.435. The highest BCUT2D eigenvalue weighted by Crippen LogP contribution is 2.31. The molecule has 1 aliphatic rings. The van der Waals surface area contributed by atoms with E-state index < -0.39 is 62.2 Å². The summed E-state index contributed by atoms with van der Waals surface area (Å²) in [5, 5.41) is 0. The number of nitrogens with zero attached hydrogens (tertiary/aromatic N) is 1. The van der Waals surface area contributed by atoms with Gasteiger partial charge in [-0.1, -0.05) is 0 Å². The van der Waals surface area contributed by atoms with Crippen molar-refractivity contribution in [1.82, 2.24) is 4.90 Å². The van der Waals surface area contributed by atoms with E-state index in [4.69, 9.17) is 13.7 Å². The van der Waals surface area contributed by atoms with Gasteiger partial charge in [-0.15, -0.1) is 0 Å². The fourth-order valence-electron chi connectivity index (χ4n) is 3.20. The second-order valence-corrected chi connectivity index (χ2v) is 11.5. The van der Waals surface area contributed by atoms with Crippen molar-refractivity contribution in [2.75, 3.05) is 6.54 Å². The molecule has 2 unspecified atom stereocenters. The number of likely N-dealkylation sites (tertiary alicyclic amines) is 1. The van der Waals surface area contributed by atoms with Gasteiger partial charge in [-0.3, -0.25) is 9.08 Å². The third-order valence-corrected chi connectivity index (χ3v) is 5.95. The largest absolute Gasteiger partial charge is 0.458 e. The van der Waals surface area contributed by atoms with Crippen LogP contribution < -0.4 is 0 Å². The molecular formula is C22H30F3NO7S. The van der Waals surface area contributed by atoms with E-state index in [-0.39, 0.29) is 19.4 Å². The fraction of sp³-hybridized carbons (Fsp3) is 0.636. The van der Waals surface area contributed by atoms with Crippen LogP contribution in [0, 0.1) is 0 Å². The van der Waals surface area contributed by atoms with Crippen LogP contribution in [0.15, 0.2) is 29.2 Å². The minimum absolute atomic E-state index is 0.0430. The van der Waals surface area contributed by atoms with E-state index in [1.54, 1.807) is 41.5 Å². The van der Waals surface area contributed by atoms with Gasteiger partial charge in [-0.05, 0) is 78.6 Å². The number of halogens is 3. The summed E-state index contributed by atoms with van der Waals surface area (Å²) >= 11 is 0. The molecule has 1 aliphatic heterocycles. The topological polar surface area (TPSA) is 99.2 Å². The van der Waals surface area contributed by atoms with Crippen LogP contribution >= 0.6 is 0 Å². The summed E-state index contributed by atoms with van der Waals surface area (Å²) in [7, 11) is -4.44. The summed E-state index contributed by atoms with van der Waals surface area (Å²) in [5.74, 6) is -0.664. The molecule has 0 aromatic heterocycles. The summed E-state index contributed by atoms with van der Waals surface area (Å²) in [6, 6.07) is 1.88. The third kappa shape index (κ3) is 7.86. The Hall–Kier alpha value is -2.34. The molecule has 0 N–H and O–H groups in total. The molecule has 2 atom stereocenters. The van der Waals surface area contributed by atoms with Crippen LogP contribution in [0.1, 0.15) is 59.9 Å². The fourth-order valence-corrected chi connectivity index (χ4v) is 4.29. The Morgan fingerprint density at radius 3 is 1.91 bits per heavy atom. The second-order valence-electron chi connectivity index (χ2n) is 9.95. The molecular weight excluding hydrogens is 479 g/mol. The van der Waals surface area contributed by atoms with Crippen LogP contribution in [0.5, 0.6) is 0 Å². The molecule has 8 nitrogen and oxygen atoms in total. The predicted molar refractivity (Wildman–Crippen MR) is 115 cm³/mol. The van der Waals surface area contributed by atoms with E-state index >= 15 is 0 Å². The molecule has 0 saturated carbocycles. The average Bonchev–Trinajstić information content (AvgIpc) is 2.64. The zero-order chi connectivity index (χ0) is 26.1. The summed E-state index contributed by atoms with van der Waals surface area (Å²) in [6.45, 7) is 9.65. The number of rotatable bonds is 4. The van der Waals surface area contributed by atoms with Crippen LogP contribution in [0.25, 0.3) is 0 Å². The zero-order valence-corrected chi connectivity index (χ0v) is 20.7. The number of carbonyl (C=O) groups is 2. The lowest BCUT2D eigenvalue weighted by molar-refractivity contribution is -0.163. The Kier molecular flexibility index (Phi) is 7.98. The van der Waals surface area contributed by atoms with Crippen LogP contribution in [0.4, 0.5) is 18.0 Å². The molecule has 1 fully saturated rings. The molecule has 1 amide bonds. The van der Waals surface area contributed by atoms with Crippen molar-refractivity contribution in [2.24, 2.45) is 0 Å². The lowest BCUT2D eigenvalue weighted by Crippen LogP contribution is -2.55. The number of esters is 1. The number of hydrogen-bond acceptors (Lipinski definition) is 7. The summed E-state index contributed by atoms with van der Waals surface area (Å²) in [4.78, 5) is 26.1. The lowest BCUT2D eigenvalue weighted by atomic mass is 10.0. The predicted octanol–water partition coefficient (Wildman–Crippen LogP) is 4.52. The number of alkyl halides is 3. The van der Waals surface area contributed by atoms with E-state index in [0.29, 0.717) is 12.1 Å². The Bertz CT molecular complexity index is 993. The first kappa shape index (κ1) is 27.9. The molecule has 1 aromatic carbocycles. The van der Waals surface area contributed by atoms with Crippen molar-refractivity contribution in [3.8, 4) is 0 Å². The van der Waals surface area contributed by atoms with Crippen molar-refractivity contribution >= 4 is 22.2 Å². The molecule has 0 radical (unpaired) electrons. The number of hydrogen-bond donors (Lipinski definition) is 0. The second kappa shape index (κ2) is 9.73. The van der Waals surface area contributed by atoms with E-state index in [0.717, 1.165) is 17.0 Å². The van der Waals surface area contributed by atoms with Crippen molar-refractivity contribution in [1.29, 1.82) is 0 Å². The highest BCUT2D eigenvalue weighted by Gasteiger charge is 2.42. The molecule has 12 heteroatoms. The molecule has 1 aromatic rings. The molecule has 0 spiro atoms. The highest BCUT2D eigenvalue weighted by molar-refractivity contribution is 7.86. The SMILES string of the molecule is CC(C)(C)OC(=O)C1CCC(OS(=O)(=O)c2ccc(C(F)(F)F)cc2)CN1C(=O)OC(C)(C)C. The number of benzene rings is 1. The molecule has 2 rings (SSSR count). The Labute approximate surface area is 197 Å². The van der Waals surface area contributed by atoms with Gasteiger partial charge in [0.2, 0.25) is 0 Å². The Morgan fingerprint density at radius 2 is 1.44 bits per heavy atom. The number of piperidine rings is 1. The maximum absolute atomic E-state index is 12.8. The summed E-state index contributed by atoms with van der Waals surface area (Å²) < 4.78 is 79.5. The summed E-state index contributed by atoms with van der Waals surface area (Å²) in [5.41, 5.74) is -2.69. The first-order valence-corrected chi connectivity index (χ1v) is 12.0. The normalized spacial score (nSPS) is 20.1. The maximum Gasteiger partial charge on any atom is 0.416 e. The van der Waals surface area contributed by atoms with E-state index in [1.165, 1.54) is 0 Å². The van der Waals surface area contributed by atoms with Gasteiger partial charge >= 0.3 is 18.2 Å². The molecule has 192 valence electrons. The Morgan fingerprint density at radius 1 is 0.912 bits per heavy atom. The van der Waals surface area contributed by atoms with Gasteiger partial charge in [0.05, 0.1) is 23.1 Å². The average molecular weight is 510 g/mol. The van der Waals surface area contributed by atoms with Gasteiger partial charge in [0.15, 0.2) is 0 Å². The maximum atomic E-state index is 12.8. The number of amides is 1. The third-order valence-electron chi connectivity index (χ3n) is 4.58. The highest BCUT2D eigenvalue weighted by atomic mass is 32.2. The molecule has 34 heavy (non-hydrogen) atoms. The smallest absolute Gasteiger partial charge is 0.416 e. The minimum Gasteiger partial charge on any atom is -0.458 e. The van der Waals surface area contributed by atoms with Crippen molar-refractivity contribution in [3.05, 3.63) is 29.8 Å². The van der Waals surface area contributed by atoms with Gasteiger partial charge in [-0.25, -0.2) is 9.59 Å². The Balaban J connectivity index is 2.22. The van der Waals surface area contributed by atoms with Crippen LogP contribution in [-0.2, 0) is 34.7 Å². The van der Waals surface area contributed by atoms with Gasteiger partial charge in [0.25, 0.3) is 10.1 Å². The van der Waals surface area contributed by atoms with Crippen molar-refractivity contribution < 1.29 is 44.8 Å². The van der Waals surface area contributed by atoms with E-state index in [9.17, 15) is 31.2 Å². The first-order chi connectivity index (χ1) is 15.3. The first-order valence-electron chi connectivity index (χ1n) is 10.6. The lowest BCUT2D eigenvalue weighted by Gasteiger charge is -2.39. The standard InChI is InChI=1S/C22H30F3NO7S/c1-20(2,3)31-18(27)17-12-9-15(13-26(17)19(28)32-21(4,5)6)33-34(29,30)16-10-7-14(8-11-16)22(23,24)25/h7-8,10-11,15,17H,9,12-13H2,1-6H3. The molecule has 0 bridgehead atoms. The molecule has 0 aliphatic carbocycles. The number of carbonyl (C=O) groups excluding carboxylic acids is 2. The monoisotopic (exact) mass is 509 g/mol. The molecule has 1 saturated heterocycles. The van der Waals surface area contributed by atoms with Crippen LogP contribution in [-0.4, -0.2) is 55.3 Å². The minimum atomic E-state index is -4.61. The van der Waals surface area contributed by atoms with Crippen LogP contribution in [0.3, 0.4) is 0 Å². The van der Waals surface area contributed by atoms with Crippen molar-refractivity contribution in [3.63, 3.8) is 0 Å². The van der Waals surface area contributed by atoms with Crippen LogP contribution in [0.2, 0.25) is 0 Å². The van der Waals surface area contributed by atoms with E-state index in [2.05, 4.69) is 0 Å². The molecule has 1 heterocycles. The van der Waals surface area contributed by atoms with Gasteiger partial charge < -0.3 is 9.47 Å². The summed E-state index contributed by atoms with van der Waals surface area (Å²) in [6.07, 6.45) is -6.37. The van der Waals surface area contributed by atoms with Gasteiger partial charge in [0, 0.05) is 0 Å². The van der Waals surface area contributed by atoms with E-state index in [1.807, 2.05) is 0 Å². The van der Waals surface area contributed by atoms with Crippen molar-refractivity contribution in [2.45, 2.75) is 88.8 Å². The number of ether oxygens (including phenoxy) is 2. The van der Waals surface area contributed by atoms with Gasteiger partial charge in [-0.2, -0.15) is 21.6 Å². The van der Waals surface area contributed by atoms with Gasteiger partial charge in [0.1, 0.15) is 17.2 Å².